The fraction of sp³-hybridized carbons (Fsp3) is 0.167. The van der Waals surface area contributed by atoms with E-state index in [1.54, 1.807) is 19.3 Å². The summed E-state index contributed by atoms with van der Waals surface area (Å²) in [6, 6.07) is 1.57. The number of oxime groups is 1. The molecule has 0 aromatic carbocycles. The number of nitrogens with zero attached hydrogens (tertiary/aromatic N) is 3. The molecule has 11 heavy (non-hydrogen) atoms. The number of rotatable bonds is 1. The van der Waals surface area contributed by atoms with Gasteiger partial charge in [0.2, 0.25) is 0 Å². The van der Waals surface area contributed by atoms with E-state index in [1.807, 2.05) is 0 Å². The average Bonchev–Trinajstić information content (AvgIpc) is 1.98. The molecular weight excluding hydrogens is 146 g/mol. The summed E-state index contributed by atoms with van der Waals surface area (Å²) in [5.41, 5.74) is -0.0296. The Balaban J connectivity index is 3.15. The molecule has 0 saturated carbocycles. The van der Waals surface area contributed by atoms with Gasteiger partial charge in [-0.3, -0.25) is 0 Å². The van der Waals surface area contributed by atoms with E-state index in [4.69, 9.17) is 5.21 Å². The van der Waals surface area contributed by atoms with Crippen molar-refractivity contribution in [2.75, 3.05) is 0 Å². The molecule has 58 valence electrons. The number of hydrogen-bond donors (Lipinski definition) is 1. The molecule has 1 heterocycles. The fourth-order valence-corrected chi connectivity index (χ4v) is 0.610. The molecule has 1 aromatic rings. The van der Waals surface area contributed by atoms with Crippen LogP contribution in [0.1, 0.15) is 5.69 Å². The highest BCUT2D eigenvalue weighted by molar-refractivity contribution is 5.75. The lowest BCUT2D eigenvalue weighted by Crippen LogP contribution is -2.20. The molecule has 0 aliphatic carbocycles. The first-order valence-electron chi connectivity index (χ1n) is 2.95. The molecule has 0 aliphatic heterocycles. The highest BCUT2D eigenvalue weighted by Gasteiger charge is 1.92. The zero-order valence-corrected chi connectivity index (χ0v) is 5.93. The number of hydrogen-bond acceptors (Lipinski definition) is 4. The quantitative estimate of drug-likeness (QED) is 0.338. The maximum atomic E-state index is 10.8. The monoisotopic (exact) mass is 153 g/mol. The minimum Gasteiger partial charge on any atom is -0.411 e. The molecule has 0 unspecified atom stereocenters. The zero-order valence-electron chi connectivity index (χ0n) is 5.93. The van der Waals surface area contributed by atoms with Gasteiger partial charge in [-0.25, -0.2) is 4.79 Å². The lowest BCUT2D eigenvalue weighted by Gasteiger charge is -1.93. The smallest absolute Gasteiger partial charge is 0.347 e. The highest BCUT2D eigenvalue weighted by Crippen LogP contribution is 1.82. The highest BCUT2D eigenvalue weighted by atomic mass is 16.4. The fourth-order valence-electron chi connectivity index (χ4n) is 0.610. The molecule has 1 aromatic heterocycles. The van der Waals surface area contributed by atoms with Gasteiger partial charge in [0.15, 0.2) is 0 Å². The Morgan fingerprint density at radius 3 is 3.09 bits per heavy atom. The average molecular weight is 153 g/mol. The van der Waals surface area contributed by atoms with Gasteiger partial charge < -0.3 is 9.77 Å². The van der Waals surface area contributed by atoms with Crippen molar-refractivity contribution in [3.8, 4) is 0 Å². The second-order valence-corrected chi connectivity index (χ2v) is 1.99. The lowest BCUT2D eigenvalue weighted by molar-refractivity contribution is 0.321. The third-order valence-corrected chi connectivity index (χ3v) is 1.19. The maximum absolute atomic E-state index is 10.8. The van der Waals surface area contributed by atoms with E-state index in [1.165, 1.54) is 4.57 Å². The van der Waals surface area contributed by atoms with Crippen LogP contribution in [0.25, 0.3) is 0 Å². The normalized spacial score (nSPS) is 10.6. The van der Waals surface area contributed by atoms with E-state index in [2.05, 4.69) is 10.1 Å². The third kappa shape index (κ3) is 1.64. The van der Waals surface area contributed by atoms with Crippen molar-refractivity contribution >= 4 is 6.21 Å². The van der Waals surface area contributed by atoms with Gasteiger partial charge in [0, 0.05) is 13.2 Å². The first-order chi connectivity index (χ1) is 5.24. The van der Waals surface area contributed by atoms with E-state index >= 15 is 0 Å². The Kier molecular flexibility index (Phi) is 2.00. The summed E-state index contributed by atoms with van der Waals surface area (Å²) >= 11 is 0. The van der Waals surface area contributed by atoms with Gasteiger partial charge in [0.05, 0.1) is 11.9 Å². The van der Waals surface area contributed by atoms with Crippen molar-refractivity contribution in [3.63, 3.8) is 0 Å². The Hall–Kier alpha value is -1.65. The topological polar surface area (TPSA) is 67.5 Å². The number of aryl methyl sites for hydroxylation is 1. The van der Waals surface area contributed by atoms with E-state index in [0.29, 0.717) is 5.69 Å². The second-order valence-electron chi connectivity index (χ2n) is 1.99. The van der Waals surface area contributed by atoms with Crippen LogP contribution in [-0.2, 0) is 7.05 Å². The molecule has 5 nitrogen and oxygen atoms in total. The van der Waals surface area contributed by atoms with E-state index < -0.39 is 0 Å². The Bertz CT molecular complexity index is 329. The van der Waals surface area contributed by atoms with Crippen molar-refractivity contribution in [1.82, 2.24) is 9.55 Å². The van der Waals surface area contributed by atoms with E-state index in [-0.39, 0.29) is 5.69 Å². The van der Waals surface area contributed by atoms with Crippen LogP contribution in [0.2, 0.25) is 0 Å². The predicted octanol–water partition coefficient (Wildman–Crippen LogP) is -0.412. The molecule has 0 saturated heterocycles. The van der Waals surface area contributed by atoms with Gasteiger partial charge in [-0.15, -0.1) is 0 Å². The molecule has 1 N–H and O–H groups in total. The molecule has 0 bridgehead atoms. The van der Waals surface area contributed by atoms with Crippen LogP contribution in [0, 0.1) is 0 Å². The Labute approximate surface area is 62.6 Å². The lowest BCUT2D eigenvalue weighted by atomic mass is 10.4. The number of aromatic nitrogens is 2. The first kappa shape index (κ1) is 7.46. The van der Waals surface area contributed by atoms with Crippen LogP contribution in [-0.4, -0.2) is 21.0 Å². The SMILES string of the molecule is Cn1ccc(/C=N/O)nc1=O. The van der Waals surface area contributed by atoms with Gasteiger partial charge in [0.1, 0.15) is 0 Å². The van der Waals surface area contributed by atoms with Gasteiger partial charge in [-0.05, 0) is 6.07 Å². The van der Waals surface area contributed by atoms with Crippen molar-refractivity contribution in [2.24, 2.45) is 12.2 Å². The second kappa shape index (κ2) is 2.96. The molecule has 0 atom stereocenters. The summed E-state index contributed by atoms with van der Waals surface area (Å²) < 4.78 is 1.33. The van der Waals surface area contributed by atoms with Gasteiger partial charge in [0.25, 0.3) is 0 Å². The van der Waals surface area contributed by atoms with Crippen molar-refractivity contribution in [2.45, 2.75) is 0 Å². The summed E-state index contributed by atoms with van der Waals surface area (Å²) in [5.74, 6) is 0. The van der Waals surface area contributed by atoms with Crippen LogP contribution in [0.15, 0.2) is 22.2 Å². The Morgan fingerprint density at radius 2 is 2.55 bits per heavy atom. The van der Waals surface area contributed by atoms with E-state index in [0.717, 1.165) is 6.21 Å². The van der Waals surface area contributed by atoms with Gasteiger partial charge in [-0.2, -0.15) is 4.98 Å². The third-order valence-electron chi connectivity index (χ3n) is 1.19. The van der Waals surface area contributed by atoms with Crippen LogP contribution in [0.4, 0.5) is 0 Å². The summed E-state index contributed by atoms with van der Waals surface area (Å²) in [6.07, 6.45) is 2.65. The molecule has 0 amide bonds. The minimum absolute atomic E-state index is 0.343. The molecule has 0 spiro atoms. The maximum Gasteiger partial charge on any atom is 0.347 e. The molecular formula is C6H7N3O2. The molecule has 0 fully saturated rings. The summed E-state index contributed by atoms with van der Waals surface area (Å²) in [6.45, 7) is 0. The molecule has 5 heteroatoms. The predicted molar refractivity (Wildman–Crippen MR) is 38.9 cm³/mol. The molecule has 0 radical (unpaired) electrons. The summed E-state index contributed by atoms with van der Waals surface area (Å²) in [7, 11) is 1.59. The Morgan fingerprint density at radius 1 is 1.82 bits per heavy atom. The van der Waals surface area contributed by atoms with Crippen molar-refractivity contribution in [3.05, 3.63) is 28.4 Å². The van der Waals surface area contributed by atoms with Crippen LogP contribution < -0.4 is 5.69 Å². The van der Waals surface area contributed by atoms with Gasteiger partial charge in [-0.1, -0.05) is 5.16 Å². The van der Waals surface area contributed by atoms with Crippen LogP contribution in [0.3, 0.4) is 0 Å². The minimum atomic E-state index is -0.373. The van der Waals surface area contributed by atoms with Crippen LogP contribution >= 0.6 is 0 Å². The van der Waals surface area contributed by atoms with Crippen LogP contribution in [0.5, 0.6) is 0 Å². The van der Waals surface area contributed by atoms with E-state index in [9.17, 15) is 4.79 Å². The standard InChI is InChI=1S/C6H7N3O2/c1-9-3-2-5(4-7-11)8-6(9)10/h2-4,11H,1H3/b7-4+. The first-order valence-corrected chi connectivity index (χ1v) is 2.95. The van der Waals surface area contributed by atoms with Gasteiger partial charge >= 0.3 is 5.69 Å². The molecule has 0 aliphatic rings. The van der Waals surface area contributed by atoms with Crippen molar-refractivity contribution < 1.29 is 5.21 Å². The van der Waals surface area contributed by atoms with Crippen molar-refractivity contribution in [1.29, 1.82) is 0 Å². The summed E-state index contributed by atoms with van der Waals surface area (Å²) in [5, 5.41) is 10.8. The summed E-state index contributed by atoms with van der Waals surface area (Å²) in [4.78, 5) is 14.4. The zero-order chi connectivity index (χ0) is 8.27. The molecule has 1 rings (SSSR count). The largest absolute Gasteiger partial charge is 0.411 e.